The van der Waals surface area contributed by atoms with Crippen LogP contribution in [0.4, 0.5) is 0 Å². The van der Waals surface area contributed by atoms with Crippen LogP contribution in [0.25, 0.3) is 0 Å². The molecule has 0 heterocycles. The van der Waals surface area contributed by atoms with Crippen molar-refractivity contribution in [2.24, 2.45) is 0 Å². The number of phenols is 1. The quantitative estimate of drug-likeness (QED) is 0.376. The number of hydrogen-bond donors (Lipinski definition) is 1. The van der Waals surface area contributed by atoms with Gasteiger partial charge in [0.05, 0.1) is 0 Å². The molecule has 0 aliphatic carbocycles. The van der Waals surface area contributed by atoms with E-state index in [-0.39, 0.29) is 5.41 Å². The minimum atomic E-state index is 0.165. The fourth-order valence-corrected chi connectivity index (χ4v) is 3.30. The molecule has 1 heteroatoms. The summed E-state index contributed by atoms with van der Waals surface area (Å²) < 4.78 is 0. The van der Waals surface area contributed by atoms with E-state index in [1.54, 1.807) is 6.07 Å². The largest absolute Gasteiger partial charge is 0.508 e. The predicted octanol–water partition coefficient (Wildman–Crippen LogP) is 7.37. The third-order valence-corrected chi connectivity index (χ3v) is 5.03. The summed E-state index contributed by atoms with van der Waals surface area (Å²) in [5.74, 6) is 0.384. The Hall–Kier alpha value is -0.980. The molecule has 0 aromatic heterocycles. The first-order valence-electron chi connectivity index (χ1n) is 9.86. The van der Waals surface area contributed by atoms with Crippen LogP contribution in [0.15, 0.2) is 24.3 Å². The molecule has 0 bridgehead atoms. The van der Waals surface area contributed by atoms with E-state index in [2.05, 4.69) is 26.8 Å². The van der Waals surface area contributed by atoms with Gasteiger partial charge in [-0.05, 0) is 29.5 Å². The highest BCUT2D eigenvalue weighted by atomic mass is 16.3. The van der Waals surface area contributed by atoms with Crippen LogP contribution in [0.5, 0.6) is 5.75 Å². The smallest absolute Gasteiger partial charge is 0.115 e. The first-order chi connectivity index (χ1) is 11.1. The van der Waals surface area contributed by atoms with Crippen LogP contribution in [-0.2, 0) is 5.41 Å². The third kappa shape index (κ3) is 9.03. The normalized spacial score (nSPS) is 11.8. The first-order valence-corrected chi connectivity index (χ1v) is 9.86. The average molecular weight is 319 g/mol. The van der Waals surface area contributed by atoms with Crippen molar-refractivity contribution in [3.05, 3.63) is 29.8 Å². The van der Waals surface area contributed by atoms with Crippen LogP contribution in [0.1, 0.15) is 103 Å². The lowest BCUT2D eigenvalue weighted by Gasteiger charge is -2.25. The zero-order valence-electron chi connectivity index (χ0n) is 15.7. The van der Waals surface area contributed by atoms with Gasteiger partial charge in [-0.2, -0.15) is 0 Å². The maximum Gasteiger partial charge on any atom is 0.115 e. The SMILES string of the molecule is CCCCCCCCCCCCCC(C)(C)c1cccc(O)c1. The average Bonchev–Trinajstić information content (AvgIpc) is 2.52. The lowest BCUT2D eigenvalue weighted by Crippen LogP contribution is -2.16. The molecule has 1 nitrogen and oxygen atoms in total. The maximum absolute atomic E-state index is 9.64. The number of phenolic OH excluding ortho intramolecular Hbond substituents is 1. The zero-order valence-corrected chi connectivity index (χ0v) is 15.7. The van der Waals surface area contributed by atoms with Crippen LogP contribution in [-0.4, -0.2) is 5.11 Å². The Labute approximate surface area is 144 Å². The number of hydrogen-bond acceptors (Lipinski definition) is 1. The van der Waals surface area contributed by atoms with E-state index in [4.69, 9.17) is 0 Å². The van der Waals surface area contributed by atoms with Gasteiger partial charge in [-0.25, -0.2) is 0 Å². The van der Waals surface area contributed by atoms with Gasteiger partial charge in [-0.1, -0.05) is 104 Å². The molecule has 0 atom stereocenters. The molecule has 1 aromatic rings. The highest BCUT2D eigenvalue weighted by molar-refractivity contribution is 5.31. The van der Waals surface area contributed by atoms with Crippen molar-refractivity contribution in [1.29, 1.82) is 0 Å². The fraction of sp³-hybridized carbons (Fsp3) is 0.727. The summed E-state index contributed by atoms with van der Waals surface area (Å²) in [6.45, 7) is 6.86. The molecule has 0 aliphatic heterocycles. The number of rotatable bonds is 13. The van der Waals surface area contributed by atoms with E-state index in [1.165, 1.54) is 82.6 Å². The molecule has 0 fully saturated rings. The van der Waals surface area contributed by atoms with Crippen LogP contribution in [0.2, 0.25) is 0 Å². The summed E-state index contributed by atoms with van der Waals surface area (Å²) in [4.78, 5) is 0. The molecule has 0 radical (unpaired) electrons. The van der Waals surface area contributed by atoms with Crippen LogP contribution in [0.3, 0.4) is 0 Å². The molecule has 23 heavy (non-hydrogen) atoms. The Kier molecular flexibility index (Phi) is 10.1. The molecule has 0 aliphatic rings. The molecule has 0 amide bonds. The van der Waals surface area contributed by atoms with Gasteiger partial charge in [0.25, 0.3) is 0 Å². The topological polar surface area (TPSA) is 20.2 Å². The number of aromatic hydroxyl groups is 1. The third-order valence-electron chi connectivity index (χ3n) is 5.03. The van der Waals surface area contributed by atoms with Crippen LogP contribution < -0.4 is 0 Å². The molecule has 0 saturated carbocycles. The highest BCUT2D eigenvalue weighted by Crippen LogP contribution is 2.31. The van der Waals surface area contributed by atoms with Gasteiger partial charge < -0.3 is 5.11 Å². The van der Waals surface area contributed by atoms with E-state index in [0.29, 0.717) is 5.75 Å². The molecule has 1 aromatic carbocycles. The van der Waals surface area contributed by atoms with Crippen LogP contribution >= 0.6 is 0 Å². The van der Waals surface area contributed by atoms with Gasteiger partial charge in [0.15, 0.2) is 0 Å². The van der Waals surface area contributed by atoms with Crippen molar-refractivity contribution in [1.82, 2.24) is 0 Å². The Bertz CT molecular complexity index is 408. The van der Waals surface area contributed by atoms with E-state index in [9.17, 15) is 5.11 Å². The summed E-state index contributed by atoms with van der Waals surface area (Å²) in [5.41, 5.74) is 1.42. The van der Waals surface area contributed by atoms with Gasteiger partial charge >= 0.3 is 0 Å². The van der Waals surface area contributed by atoms with Crippen molar-refractivity contribution in [2.75, 3.05) is 0 Å². The summed E-state index contributed by atoms with van der Waals surface area (Å²) in [6, 6.07) is 7.76. The lowest BCUT2D eigenvalue weighted by molar-refractivity contribution is 0.434. The standard InChI is InChI=1S/C22H38O/c1-4-5-6-7-8-9-10-11-12-13-14-18-22(2,3)20-16-15-17-21(23)19-20/h15-17,19,23H,4-14,18H2,1-3H3. The van der Waals surface area contributed by atoms with Gasteiger partial charge in [0.1, 0.15) is 5.75 Å². The van der Waals surface area contributed by atoms with Crippen molar-refractivity contribution in [2.45, 2.75) is 103 Å². The second-order valence-corrected chi connectivity index (χ2v) is 7.72. The molecule has 132 valence electrons. The highest BCUT2D eigenvalue weighted by Gasteiger charge is 2.20. The summed E-state index contributed by atoms with van der Waals surface area (Å²) in [7, 11) is 0. The fourth-order valence-electron chi connectivity index (χ4n) is 3.30. The minimum absolute atomic E-state index is 0.165. The van der Waals surface area contributed by atoms with E-state index >= 15 is 0 Å². The zero-order chi connectivity index (χ0) is 17.0. The van der Waals surface area contributed by atoms with E-state index in [1.807, 2.05) is 12.1 Å². The number of benzene rings is 1. The second-order valence-electron chi connectivity index (χ2n) is 7.72. The Morgan fingerprint density at radius 1 is 0.783 bits per heavy atom. The van der Waals surface area contributed by atoms with Gasteiger partial charge in [0, 0.05) is 0 Å². The van der Waals surface area contributed by atoms with Gasteiger partial charge in [-0.3, -0.25) is 0 Å². The number of unbranched alkanes of at least 4 members (excludes halogenated alkanes) is 10. The molecule has 0 spiro atoms. The Balaban J connectivity index is 2.04. The summed E-state index contributed by atoms with van der Waals surface area (Å²) in [5, 5.41) is 9.64. The minimum Gasteiger partial charge on any atom is -0.508 e. The molecular formula is C22H38O. The molecule has 0 saturated heterocycles. The van der Waals surface area contributed by atoms with E-state index in [0.717, 1.165) is 0 Å². The van der Waals surface area contributed by atoms with Crippen molar-refractivity contribution in [3.8, 4) is 5.75 Å². The Morgan fingerprint density at radius 2 is 1.30 bits per heavy atom. The summed E-state index contributed by atoms with van der Waals surface area (Å²) in [6.07, 6.45) is 16.5. The maximum atomic E-state index is 9.64. The monoisotopic (exact) mass is 318 g/mol. The van der Waals surface area contributed by atoms with Crippen LogP contribution in [0, 0.1) is 0 Å². The van der Waals surface area contributed by atoms with Crippen molar-refractivity contribution in [3.63, 3.8) is 0 Å². The van der Waals surface area contributed by atoms with Crippen molar-refractivity contribution >= 4 is 0 Å². The lowest BCUT2D eigenvalue weighted by atomic mass is 9.80. The molecular weight excluding hydrogens is 280 g/mol. The molecule has 0 unspecified atom stereocenters. The van der Waals surface area contributed by atoms with Gasteiger partial charge in [0.2, 0.25) is 0 Å². The summed E-state index contributed by atoms with van der Waals surface area (Å²) >= 11 is 0. The molecule has 1 rings (SSSR count). The van der Waals surface area contributed by atoms with E-state index < -0.39 is 0 Å². The predicted molar refractivity (Wildman–Crippen MR) is 102 cm³/mol. The molecule has 1 N–H and O–H groups in total. The second kappa shape index (κ2) is 11.5. The van der Waals surface area contributed by atoms with Gasteiger partial charge in [-0.15, -0.1) is 0 Å². The first kappa shape index (κ1) is 20.1. The Morgan fingerprint density at radius 3 is 1.83 bits per heavy atom. The van der Waals surface area contributed by atoms with Crippen molar-refractivity contribution < 1.29 is 5.11 Å².